The molecule has 0 bridgehead atoms. The molecule has 2 aromatic carbocycles. The average Bonchev–Trinajstić information content (AvgIpc) is 2.81. The number of nitrogens with zero attached hydrogens (tertiary/aromatic N) is 3. The van der Waals surface area contributed by atoms with Crippen LogP contribution < -0.4 is 0 Å². The van der Waals surface area contributed by atoms with E-state index in [1.54, 1.807) is 28.6 Å². The van der Waals surface area contributed by atoms with Gasteiger partial charge in [-0.15, -0.1) is 0 Å². The van der Waals surface area contributed by atoms with Crippen molar-refractivity contribution >= 4 is 15.9 Å². The fraction of sp³-hybridized carbons (Fsp3) is 0.409. The standard InChI is InChI=1S/C22H27N3O4S/c26-22(24-14-16-29-17-15-24)20-8-6-19(7-9-20)18-23-10-12-25(13-11-23)30(27,28)21-4-2-1-3-5-21/h1-9H,10-18H2. The molecule has 2 aliphatic rings. The Morgan fingerprint density at radius 2 is 1.47 bits per heavy atom. The Bertz CT molecular complexity index is 950. The van der Waals surface area contributed by atoms with Gasteiger partial charge in [-0.3, -0.25) is 9.69 Å². The van der Waals surface area contributed by atoms with Gasteiger partial charge in [0.05, 0.1) is 18.1 Å². The number of ether oxygens (including phenoxy) is 1. The summed E-state index contributed by atoms with van der Waals surface area (Å²) in [7, 11) is -3.43. The van der Waals surface area contributed by atoms with Crippen LogP contribution in [-0.4, -0.2) is 80.9 Å². The lowest BCUT2D eigenvalue weighted by Crippen LogP contribution is -2.48. The highest BCUT2D eigenvalue weighted by Gasteiger charge is 2.28. The SMILES string of the molecule is O=C(c1ccc(CN2CCN(S(=O)(=O)c3ccccc3)CC2)cc1)N1CCOCC1. The summed E-state index contributed by atoms with van der Waals surface area (Å²) < 4.78 is 32.4. The van der Waals surface area contributed by atoms with Crippen molar-refractivity contribution in [2.45, 2.75) is 11.4 Å². The quantitative estimate of drug-likeness (QED) is 0.723. The fourth-order valence-electron chi connectivity index (χ4n) is 3.83. The molecule has 0 N–H and O–H groups in total. The maximum Gasteiger partial charge on any atom is 0.254 e. The van der Waals surface area contributed by atoms with Crippen molar-refractivity contribution < 1.29 is 17.9 Å². The van der Waals surface area contributed by atoms with Gasteiger partial charge in [0.2, 0.25) is 10.0 Å². The summed E-state index contributed by atoms with van der Waals surface area (Å²) in [6.45, 7) is 5.51. The van der Waals surface area contributed by atoms with Crippen LogP contribution in [0.5, 0.6) is 0 Å². The molecule has 2 aliphatic heterocycles. The molecule has 2 heterocycles. The minimum Gasteiger partial charge on any atom is -0.378 e. The van der Waals surface area contributed by atoms with Gasteiger partial charge in [0.15, 0.2) is 0 Å². The van der Waals surface area contributed by atoms with Gasteiger partial charge in [-0.2, -0.15) is 4.31 Å². The Balaban J connectivity index is 1.31. The number of piperazine rings is 1. The fourth-order valence-corrected chi connectivity index (χ4v) is 5.27. The molecule has 2 fully saturated rings. The first-order valence-corrected chi connectivity index (χ1v) is 11.7. The molecular formula is C22H27N3O4S. The summed E-state index contributed by atoms with van der Waals surface area (Å²) in [6.07, 6.45) is 0. The third-order valence-corrected chi connectivity index (χ3v) is 7.53. The first-order chi connectivity index (χ1) is 14.5. The van der Waals surface area contributed by atoms with Crippen LogP contribution in [0.15, 0.2) is 59.5 Å². The van der Waals surface area contributed by atoms with Crippen LogP contribution in [0.3, 0.4) is 0 Å². The summed E-state index contributed by atoms with van der Waals surface area (Å²) >= 11 is 0. The van der Waals surface area contributed by atoms with E-state index in [2.05, 4.69) is 4.90 Å². The molecule has 2 saturated heterocycles. The molecule has 0 saturated carbocycles. The predicted octanol–water partition coefficient (Wildman–Crippen LogP) is 1.67. The smallest absolute Gasteiger partial charge is 0.254 e. The van der Waals surface area contributed by atoms with Crippen molar-refractivity contribution in [3.05, 3.63) is 65.7 Å². The number of carbonyl (C=O) groups is 1. The molecule has 0 spiro atoms. The Labute approximate surface area is 177 Å². The van der Waals surface area contributed by atoms with E-state index in [0.717, 1.165) is 12.1 Å². The summed E-state index contributed by atoms with van der Waals surface area (Å²) in [5.41, 5.74) is 1.81. The van der Waals surface area contributed by atoms with Crippen LogP contribution in [0.25, 0.3) is 0 Å². The van der Waals surface area contributed by atoms with Crippen LogP contribution in [-0.2, 0) is 21.3 Å². The number of hydrogen-bond donors (Lipinski definition) is 0. The van der Waals surface area contributed by atoms with Crippen molar-refractivity contribution in [3.63, 3.8) is 0 Å². The van der Waals surface area contributed by atoms with Crippen molar-refractivity contribution in [3.8, 4) is 0 Å². The van der Waals surface area contributed by atoms with E-state index in [4.69, 9.17) is 4.74 Å². The second-order valence-corrected chi connectivity index (χ2v) is 9.53. The van der Waals surface area contributed by atoms with E-state index in [9.17, 15) is 13.2 Å². The summed E-state index contributed by atoms with van der Waals surface area (Å²) in [4.78, 5) is 17.0. The average molecular weight is 430 g/mol. The Kier molecular flexibility index (Phi) is 6.48. The number of hydrogen-bond acceptors (Lipinski definition) is 5. The third-order valence-electron chi connectivity index (χ3n) is 5.62. The van der Waals surface area contributed by atoms with Gasteiger partial charge in [-0.1, -0.05) is 30.3 Å². The van der Waals surface area contributed by atoms with E-state index in [-0.39, 0.29) is 5.91 Å². The molecule has 0 atom stereocenters. The lowest BCUT2D eigenvalue weighted by atomic mass is 10.1. The van der Waals surface area contributed by atoms with Crippen LogP contribution in [0, 0.1) is 0 Å². The van der Waals surface area contributed by atoms with Gasteiger partial charge >= 0.3 is 0 Å². The van der Waals surface area contributed by atoms with E-state index in [1.807, 2.05) is 35.2 Å². The summed E-state index contributed by atoms with van der Waals surface area (Å²) in [6, 6.07) is 16.3. The zero-order valence-corrected chi connectivity index (χ0v) is 17.8. The summed E-state index contributed by atoms with van der Waals surface area (Å²) in [5.74, 6) is 0.0459. The van der Waals surface area contributed by atoms with Crippen LogP contribution in [0.1, 0.15) is 15.9 Å². The van der Waals surface area contributed by atoms with Gasteiger partial charge in [0.25, 0.3) is 5.91 Å². The number of rotatable bonds is 5. The van der Waals surface area contributed by atoms with E-state index >= 15 is 0 Å². The lowest BCUT2D eigenvalue weighted by molar-refractivity contribution is 0.0303. The number of carbonyl (C=O) groups excluding carboxylic acids is 1. The molecule has 160 valence electrons. The maximum atomic E-state index is 12.7. The van der Waals surface area contributed by atoms with Gasteiger partial charge in [0, 0.05) is 51.4 Å². The molecule has 2 aromatic rings. The Morgan fingerprint density at radius 3 is 2.10 bits per heavy atom. The molecule has 0 unspecified atom stereocenters. The molecule has 1 amide bonds. The lowest BCUT2D eigenvalue weighted by Gasteiger charge is -2.34. The highest BCUT2D eigenvalue weighted by Crippen LogP contribution is 2.18. The number of benzene rings is 2. The molecular weight excluding hydrogens is 402 g/mol. The number of sulfonamides is 1. The minimum atomic E-state index is -3.43. The minimum absolute atomic E-state index is 0.0459. The predicted molar refractivity (Wildman–Crippen MR) is 114 cm³/mol. The molecule has 0 aromatic heterocycles. The monoisotopic (exact) mass is 429 g/mol. The van der Waals surface area contributed by atoms with Crippen molar-refractivity contribution in [1.82, 2.24) is 14.1 Å². The number of amides is 1. The van der Waals surface area contributed by atoms with Crippen molar-refractivity contribution in [1.29, 1.82) is 0 Å². The molecule has 8 heteroatoms. The first-order valence-electron chi connectivity index (χ1n) is 10.3. The van der Waals surface area contributed by atoms with Crippen molar-refractivity contribution in [2.75, 3.05) is 52.5 Å². The normalized spacial score (nSPS) is 19.0. The third kappa shape index (κ3) is 4.73. The van der Waals surface area contributed by atoms with Gasteiger partial charge in [-0.25, -0.2) is 8.42 Å². The van der Waals surface area contributed by atoms with Crippen LogP contribution >= 0.6 is 0 Å². The summed E-state index contributed by atoms with van der Waals surface area (Å²) in [5, 5.41) is 0. The largest absolute Gasteiger partial charge is 0.378 e. The second kappa shape index (κ2) is 9.26. The van der Waals surface area contributed by atoms with Crippen molar-refractivity contribution in [2.24, 2.45) is 0 Å². The molecule has 30 heavy (non-hydrogen) atoms. The number of morpholine rings is 1. The first kappa shape index (κ1) is 21.0. The van der Waals surface area contributed by atoms with E-state index in [1.165, 1.54) is 0 Å². The maximum absolute atomic E-state index is 12.7. The second-order valence-electron chi connectivity index (χ2n) is 7.59. The molecule has 7 nitrogen and oxygen atoms in total. The van der Waals surface area contributed by atoms with Crippen LogP contribution in [0.4, 0.5) is 0 Å². The van der Waals surface area contributed by atoms with E-state index < -0.39 is 10.0 Å². The Morgan fingerprint density at radius 1 is 0.833 bits per heavy atom. The molecule has 0 aliphatic carbocycles. The molecule has 0 radical (unpaired) electrons. The van der Waals surface area contributed by atoms with Gasteiger partial charge in [-0.05, 0) is 29.8 Å². The highest BCUT2D eigenvalue weighted by atomic mass is 32.2. The van der Waals surface area contributed by atoms with E-state index in [0.29, 0.717) is 62.9 Å². The van der Waals surface area contributed by atoms with Gasteiger partial charge in [0.1, 0.15) is 0 Å². The molecule has 4 rings (SSSR count). The Hall–Kier alpha value is -2.26. The zero-order chi connectivity index (χ0) is 21.0. The zero-order valence-electron chi connectivity index (χ0n) is 16.9. The highest BCUT2D eigenvalue weighted by molar-refractivity contribution is 7.89. The topological polar surface area (TPSA) is 70.2 Å². The van der Waals surface area contributed by atoms with Crippen LogP contribution in [0.2, 0.25) is 0 Å². The van der Waals surface area contributed by atoms with Gasteiger partial charge < -0.3 is 9.64 Å².